The van der Waals surface area contributed by atoms with E-state index in [-0.39, 0.29) is 11.8 Å². The largest absolute Gasteiger partial charge is 0.450 e. The minimum Gasteiger partial charge on any atom is -0.450 e. The van der Waals surface area contributed by atoms with Crippen molar-refractivity contribution in [3.05, 3.63) is 29.3 Å². The minimum atomic E-state index is -0.982. The lowest BCUT2D eigenvalue weighted by Gasteiger charge is -2.35. The Balaban J connectivity index is 2.25. The molecule has 6 heteroatoms. The topological polar surface area (TPSA) is 66.9 Å². The summed E-state index contributed by atoms with van der Waals surface area (Å²) < 4.78 is 5.74. The van der Waals surface area contributed by atoms with Gasteiger partial charge in [0.25, 0.3) is 0 Å². The molecule has 3 rings (SSSR count). The first-order valence-electron chi connectivity index (χ1n) is 7.65. The van der Waals surface area contributed by atoms with Gasteiger partial charge in [-0.3, -0.25) is 19.3 Å². The van der Waals surface area contributed by atoms with Crippen LogP contribution in [0.1, 0.15) is 38.3 Å². The molecular formula is C17H20N2O4. The molecule has 23 heavy (non-hydrogen) atoms. The lowest BCUT2D eigenvalue weighted by atomic mass is 9.91. The van der Waals surface area contributed by atoms with Gasteiger partial charge in [0.15, 0.2) is 11.8 Å². The van der Waals surface area contributed by atoms with E-state index in [1.807, 2.05) is 25.1 Å². The predicted molar refractivity (Wildman–Crippen MR) is 83.6 cm³/mol. The normalized spacial score (nSPS) is 25.1. The van der Waals surface area contributed by atoms with Gasteiger partial charge in [0.2, 0.25) is 11.8 Å². The van der Waals surface area contributed by atoms with E-state index in [2.05, 4.69) is 0 Å². The number of amides is 2. The molecule has 0 N–H and O–H groups in total. The van der Waals surface area contributed by atoms with Crippen molar-refractivity contribution in [1.82, 2.24) is 4.90 Å². The number of hydrogen-bond donors (Lipinski definition) is 0. The van der Waals surface area contributed by atoms with Crippen molar-refractivity contribution in [2.45, 2.75) is 45.9 Å². The molecule has 0 aromatic heterocycles. The first-order chi connectivity index (χ1) is 10.8. The van der Waals surface area contributed by atoms with Crippen LogP contribution in [0, 0.1) is 6.92 Å². The van der Waals surface area contributed by atoms with Crippen molar-refractivity contribution in [1.29, 1.82) is 0 Å². The summed E-state index contributed by atoms with van der Waals surface area (Å²) in [6.07, 6.45) is -0.130. The van der Waals surface area contributed by atoms with Gasteiger partial charge in [-0.05, 0) is 19.1 Å². The second-order valence-corrected chi connectivity index (χ2v) is 6.23. The van der Waals surface area contributed by atoms with E-state index in [0.717, 1.165) is 11.1 Å². The standard InChI is InChI=1S/C17H20N2O4/c1-10-5-6-15-14(9-10)17(23-13(4)22)7-8-18(11(2)20)16(17)19(15)12(3)21/h5-6,9,16H,7-8H2,1-4H3. The number of esters is 1. The molecule has 6 nitrogen and oxygen atoms in total. The van der Waals surface area contributed by atoms with Gasteiger partial charge in [-0.1, -0.05) is 11.6 Å². The Hall–Kier alpha value is -2.37. The molecule has 1 aromatic carbocycles. The number of likely N-dealkylation sites (tertiary alicyclic amines) is 1. The van der Waals surface area contributed by atoms with Crippen LogP contribution in [0.5, 0.6) is 0 Å². The second kappa shape index (κ2) is 5.08. The molecule has 0 bridgehead atoms. The number of fused-ring (bicyclic) bond motifs is 3. The summed E-state index contributed by atoms with van der Waals surface area (Å²) in [7, 11) is 0. The maximum atomic E-state index is 12.3. The summed E-state index contributed by atoms with van der Waals surface area (Å²) in [6.45, 7) is 6.68. The zero-order valence-electron chi connectivity index (χ0n) is 13.8. The van der Waals surface area contributed by atoms with Crippen molar-refractivity contribution in [2.75, 3.05) is 11.4 Å². The van der Waals surface area contributed by atoms with Gasteiger partial charge in [-0.2, -0.15) is 0 Å². The summed E-state index contributed by atoms with van der Waals surface area (Å²) in [4.78, 5) is 39.3. The molecule has 2 unspecified atom stereocenters. The van der Waals surface area contributed by atoms with Gasteiger partial charge >= 0.3 is 5.97 Å². The van der Waals surface area contributed by atoms with Crippen molar-refractivity contribution >= 4 is 23.5 Å². The molecule has 2 atom stereocenters. The highest BCUT2D eigenvalue weighted by atomic mass is 16.6. The van der Waals surface area contributed by atoms with E-state index in [0.29, 0.717) is 18.7 Å². The minimum absolute atomic E-state index is 0.139. The Morgan fingerprint density at radius 2 is 1.87 bits per heavy atom. The molecule has 0 saturated carbocycles. The smallest absolute Gasteiger partial charge is 0.303 e. The Bertz CT molecular complexity index is 715. The number of hydrogen-bond acceptors (Lipinski definition) is 4. The fourth-order valence-corrected chi connectivity index (χ4v) is 3.83. The third kappa shape index (κ3) is 2.12. The van der Waals surface area contributed by atoms with Crippen LogP contribution in [0.15, 0.2) is 18.2 Å². The number of anilines is 1. The van der Waals surface area contributed by atoms with Gasteiger partial charge in [-0.25, -0.2) is 0 Å². The van der Waals surface area contributed by atoms with Gasteiger partial charge in [0, 0.05) is 39.3 Å². The molecule has 2 heterocycles. The van der Waals surface area contributed by atoms with Crippen LogP contribution in [0.2, 0.25) is 0 Å². The Morgan fingerprint density at radius 3 is 2.43 bits per heavy atom. The third-order valence-electron chi connectivity index (χ3n) is 4.62. The van der Waals surface area contributed by atoms with Crippen LogP contribution in [0.25, 0.3) is 0 Å². The van der Waals surface area contributed by atoms with Crippen molar-refractivity contribution in [3.63, 3.8) is 0 Å². The molecule has 1 aromatic rings. The number of carbonyl (C=O) groups excluding carboxylic acids is 3. The van der Waals surface area contributed by atoms with Gasteiger partial charge in [0.1, 0.15) is 0 Å². The zero-order chi connectivity index (χ0) is 16.9. The van der Waals surface area contributed by atoms with Crippen molar-refractivity contribution in [3.8, 4) is 0 Å². The van der Waals surface area contributed by atoms with E-state index in [4.69, 9.17) is 4.74 Å². The van der Waals surface area contributed by atoms with E-state index < -0.39 is 17.7 Å². The summed E-state index contributed by atoms with van der Waals surface area (Å²) in [5.74, 6) is -0.736. The monoisotopic (exact) mass is 316 g/mol. The lowest BCUT2D eigenvalue weighted by molar-refractivity contribution is -0.162. The summed E-state index contributed by atoms with van der Waals surface area (Å²) in [6, 6.07) is 5.71. The SMILES string of the molecule is CC(=O)OC12CCN(C(C)=O)C1N(C(C)=O)c1ccc(C)cc12. The predicted octanol–water partition coefficient (Wildman–Crippen LogP) is 1.70. The molecule has 0 radical (unpaired) electrons. The van der Waals surface area contributed by atoms with Crippen LogP contribution in [-0.4, -0.2) is 35.4 Å². The molecule has 2 amide bonds. The Morgan fingerprint density at radius 1 is 1.17 bits per heavy atom. The number of carbonyl (C=O) groups is 3. The molecule has 1 fully saturated rings. The Kier molecular flexibility index (Phi) is 3.43. The number of aryl methyl sites for hydroxylation is 1. The van der Waals surface area contributed by atoms with Crippen LogP contribution < -0.4 is 4.90 Å². The van der Waals surface area contributed by atoms with E-state index >= 15 is 0 Å². The summed E-state index contributed by atoms with van der Waals surface area (Å²) >= 11 is 0. The fourth-order valence-electron chi connectivity index (χ4n) is 3.83. The summed E-state index contributed by atoms with van der Waals surface area (Å²) in [5.41, 5.74) is 1.54. The summed E-state index contributed by atoms with van der Waals surface area (Å²) in [5, 5.41) is 0. The van der Waals surface area contributed by atoms with Crippen LogP contribution in [-0.2, 0) is 24.7 Å². The van der Waals surface area contributed by atoms with Gasteiger partial charge in [0.05, 0.1) is 5.69 Å². The molecular weight excluding hydrogens is 296 g/mol. The Labute approximate surface area is 135 Å². The molecule has 2 aliphatic rings. The molecule has 0 aliphatic carbocycles. The van der Waals surface area contributed by atoms with Crippen molar-refractivity contribution < 1.29 is 19.1 Å². The first-order valence-corrected chi connectivity index (χ1v) is 7.65. The first kappa shape index (κ1) is 15.5. The molecule has 0 spiro atoms. The van der Waals surface area contributed by atoms with Crippen LogP contribution in [0.4, 0.5) is 5.69 Å². The lowest BCUT2D eigenvalue weighted by Crippen LogP contribution is -2.54. The van der Waals surface area contributed by atoms with Crippen molar-refractivity contribution in [2.24, 2.45) is 0 Å². The maximum absolute atomic E-state index is 12.3. The molecule has 2 aliphatic heterocycles. The number of ether oxygens (including phenoxy) is 1. The number of rotatable bonds is 1. The van der Waals surface area contributed by atoms with Crippen LogP contribution in [0.3, 0.4) is 0 Å². The highest BCUT2D eigenvalue weighted by Crippen LogP contribution is 2.53. The van der Waals surface area contributed by atoms with E-state index in [9.17, 15) is 14.4 Å². The number of nitrogens with zero attached hydrogens (tertiary/aromatic N) is 2. The maximum Gasteiger partial charge on any atom is 0.303 e. The average Bonchev–Trinajstić information content (AvgIpc) is 2.90. The highest BCUT2D eigenvalue weighted by Gasteiger charge is 2.61. The fraction of sp³-hybridized carbons (Fsp3) is 0.471. The van der Waals surface area contributed by atoms with Crippen LogP contribution >= 0.6 is 0 Å². The molecule has 122 valence electrons. The molecule has 1 saturated heterocycles. The number of benzene rings is 1. The van der Waals surface area contributed by atoms with Gasteiger partial charge < -0.3 is 9.64 Å². The van der Waals surface area contributed by atoms with E-state index in [1.54, 1.807) is 9.80 Å². The second-order valence-electron chi connectivity index (χ2n) is 6.23. The highest BCUT2D eigenvalue weighted by molar-refractivity contribution is 5.97. The third-order valence-corrected chi connectivity index (χ3v) is 4.62. The van der Waals surface area contributed by atoms with E-state index in [1.165, 1.54) is 20.8 Å². The van der Waals surface area contributed by atoms with Gasteiger partial charge in [-0.15, -0.1) is 0 Å². The quantitative estimate of drug-likeness (QED) is 0.740. The zero-order valence-corrected chi connectivity index (χ0v) is 13.8. The average molecular weight is 316 g/mol.